The topological polar surface area (TPSA) is 67.3 Å². The summed E-state index contributed by atoms with van der Waals surface area (Å²) in [5, 5.41) is 3.85. The highest BCUT2D eigenvalue weighted by Gasteiger charge is 2.23. The molecule has 1 aromatic carbocycles. The summed E-state index contributed by atoms with van der Waals surface area (Å²) in [6.45, 7) is 2.20. The Bertz CT molecular complexity index is 998. The van der Waals surface area contributed by atoms with E-state index in [1.165, 1.54) is 16.8 Å². The molecule has 0 saturated heterocycles. The molecule has 7 heteroatoms. The number of carbonyl (C=O) groups is 1. The number of amides is 1. The molecule has 1 N–H and O–H groups in total. The summed E-state index contributed by atoms with van der Waals surface area (Å²) in [4.78, 5) is 25.4. The number of ether oxygens (including phenoxy) is 1. The lowest BCUT2D eigenvalue weighted by Gasteiger charge is -2.18. The first-order valence-electron chi connectivity index (χ1n) is 9.46. The van der Waals surface area contributed by atoms with Crippen LogP contribution in [-0.4, -0.2) is 36.6 Å². The molecular formula is C21H24N4O2S. The van der Waals surface area contributed by atoms with Crippen LogP contribution in [0.3, 0.4) is 0 Å². The highest BCUT2D eigenvalue weighted by Crippen LogP contribution is 2.40. The number of carbonyl (C=O) groups excluding carboxylic acids is 1. The first kappa shape index (κ1) is 18.7. The predicted octanol–water partition coefficient (Wildman–Crippen LogP) is 3.90. The average molecular weight is 397 g/mol. The molecule has 0 fully saturated rings. The monoisotopic (exact) mass is 396 g/mol. The van der Waals surface area contributed by atoms with E-state index in [9.17, 15) is 4.79 Å². The van der Waals surface area contributed by atoms with Gasteiger partial charge >= 0.3 is 0 Å². The Hall–Kier alpha value is -2.67. The zero-order valence-corrected chi connectivity index (χ0v) is 17.2. The number of aryl methyl sites for hydroxylation is 1. The van der Waals surface area contributed by atoms with Gasteiger partial charge in [0.2, 0.25) is 5.88 Å². The Labute approximate surface area is 168 Å². The molecular weight excluding hydrogens is 372 g/mol. The number of nitrogens with zero attached hydrogens (tertiary/aromatic N) is 3. The third-order valence-electron chi connectivity index (χ3n) is 5.06. The standard InChI is InChI=1S/C21H24N4O2S/c1-13-4-9-16-17(10-13)28-21-19(16)20(22-12-23-21)27-11-18(26)24-14-5-7-15(8-6-14)25(2)3/h5-8,12-13H,4,9-11H2,1-3H3,(H,24,26). The number of hydrogen-bond acceptors (Lipinski definition) is 6. The van der Waals surface area contributed by atoms with E-state index in [-0.39, 0.29) is 12.5 Å². The van der Waals surface area contributed by atoms with Crippen molar-refractivity contribution in [1.29, 1.82) is 0 Å². The van der Waals surface area contributed by atoms with Crippen LogP contribution in [0, 0.1) is 5.92 Å². The van der Waals surface area contributed by atoms with Crippen molar-refractivity contribution in [2.45, 2.75) is 26.2 Å². The van der Waals surface area contributed by atoms with Crippen LogP contribution in [0.5, 0.6) is 5.88 Å². The molecule has 1 amide bonds. The average Bonchev–Trinajstić information content (AvgIpc) is 3.04. The number of thiophene rings is 1. The van der Waals surface area contributed by atoms with Gasteiger partial charge in [-0.2, -0.15) is 0 Å². The molecule has 3 aromatic rings. The van der Waals surface area contributed by atoms with E-state index < -0.39 is 0 Å². The van der Waals surface area contributed by atoms with Crippen molar-refractivity contribution >= 4 is 38.8 Å². The number of aromatic nitrogens is 2. The van der Waals surface area contributed by atoms with Gasteiger partial charge in [0.25, 0.3) is 5.91 Å². The second kappa shape index (κ2) is 7.75. The lowest BCUT2D eigenvalue weighted by molar-refractivity contribution is -0.118. The second-order valence-corrected chi connectivity index (χ2v) is 8.57. The van der Waals surface area contributed by atoms with Crippen LogP contribution < -0.4 is 15.0 Å². The number of hydrogen-bond donors (Lipinski definition) is 1. The summed E-state index contributed by atoms with van der Waals surface area (Å²) in [5.41, 5.74) is 3.12. The maximum absolute atomic E-state index is 12.3. The Morgan fingerprint density at radius 1 is 1.29 bits per heavy atom. The molecule has 0 saturated carbocycles. The minimum Gasteiger partial charge on any atom is -0.467 e. The number of fused-ring (bicyclic) bond motifs is 3. The highest BCUT2D eigenvalue weighted by atomic mass is 32.1. The van der Waals surface area contributed by atoms with E-state index in [1.54, 1.807) is 11.3 Å². The molecule has 4 rings (SSSR count). The third kappa shape index (κ3) is 3.80. The smallest absolute Gasteiger partial charge is 0.262 e. The zero-order chi connectivity index (χ0) is 19.7. The molecule has 0 radical (unpaired) electrons. The van der Waals surface area contributed by atoms with Crippen LogP contribution in [0.4, 0.5) is 11.4 Å². The SMILES string of the molecule is CC1CCc2c(sc3ncnc(OCC(=O)Nc4ccc(N(C)C)cc4)c23)C1. The molecule has 146 valence electrons. The van der Waals surface area contributed by atoms with Gasteiger partial charge in [0.15, 0.2) is 6.61 Å². The largest absolute Gasteiger partial charge is 0.467 e. The predicted molar refractivity (Wildman–Crippen MR) is 113 cm³/mol. The van der Waals surface area contributed by atoms with Gasteiger partial charge in [-0.05, 0) is 55.0 Å². The summed E-state index contributed by atoms with van der Waals surface area (Å²) >= 11 is 1.72. The van der Waals surface area contributed by atoms with Crippen molar-refractivity contribution in [1.82, 2.24) is 9.97 Å². The quantitative estimate of drug-likeness (QED) is 0.708. The Kier molecular flexibility index (Phi) is 5.17. The summed E-state index contributed by atoms with van der Waals surface area (Å²) in [7, 11) is 3.96. The molecule has 1 atom stereocenters. The van der Waals surface area contributed by atoms with Crippen LogP contribution >= 0.6 is 11.3 Å². The molecule has 1 unspecified atom stereocenters. The summed E-state index contributed by atoms with van der Waals surface area (Å²) < 4.78 is 5.80. The lowest BCUT2D eigenvalue weighted by atomic mass is 9.89. The first-order valence-corrected chi connectivity index (χ1v) is 10.3. The molecule has 1 aliphatic rings. The fourth-order valence-corrected chi connectivity index (χ4v) is 4.87. The minimum atomic E-state index is -0.206. The van der Waals surface area contributed by atoms with Crippen LogP contribution in [0.2, 0.25) is 0 Å². The molecule has 2 aromatic heterocycles. The molecule has 6 nitrogen and oxygen atoms in total. The van der Waals surface area contributed by atoms with Crippen LogP contribution in [0.15, 0.2) is 30.6 Å². The Morgan fingerprint density at radius 2 is 2.07 bits per heavy atom. The highest BCUT2D eigenvalue weighted by molar-refractivity contribution is 7.18. The Balaban J connectivity index is 1.46. The van der Waals surface area contributed by atoms with Gasteiger partial charge in [-0.15, -0.1) is 11.3 Å². The van der Waals surface area contributed by atoms with E-state index >= 15 is 0 Å². The molecule has 2 heterocycles. The third-order valence-corrected chi connectivity index (χ3v) is 6.23. The van der Waals surface area contributed by atoms with Gasteiger partial charge < -0.3 is 15.0 Å². The van der Waals surface area contributed by atoms with Crippen molar-refractivity contribution < 1.29 is 9.53 Å². The van der Waals surface area contributed by atoms with Crippen molar-refractivity contribution in [2.75, 3.05) is 30.9 Å². The van der Waals surface area contributed by atoms with Crippen LogP contribution in [0.1, 0.15) is 23.8 Å². The fourth-order valence-electron chi connectivity index (χ4n) is 3.53. The minimum absolute atomic E-state index is 0.0808. The van der Waals surface area contributed by atoms with E-state index in [2.05, 4.69) is 22.2 Å². The van der Waals surface area contributed by atoms with Crippen molar-refractivity contribution in [3.8, 4) is 5.88 Å². The van der Waals surface area contributed by atoms with Gasteiger partial charge in [-0.3, -0.25) is 4.79 Å². The fraction of sp³-hybridized carbons (Fsp3) is 0.381. The van der Waals surface area contributed by atoms with Gasteiger partial charge in [-0.1, -0.05) is 6.92 Å². The molecule has 0 bridgehead atoms. The lowest BCUT2D eigenvalue weighted by Crippen LogP contribution is -2.20. The summed E-state index contributed by atoms with van der Waals surface area (Å²) in [5.74, 6) is 1.000. The number of benzene rings is 1. The number of anilines is 2. The molecule has 0 aliphatic heterocycles. The normalized spacial score (nSPS) is 15.9. The maximum atomic E-state index is 12.3. The van der Waals surface area contributed by atoms with E-state index in [0.717, 1.165) is 40.9 Å². The van der Waals surface area contributed by atoms with E-state index in [0.29, 0.717) is 11.8 Å². The molecule has 28 heavy (non-hydrogen) atoms. The summed E-state index contributed by atoms with van der Waals surface area (Å²) in [6, 6.07) is 7.69. The van der Waals surface area contributed by atoms with Gasteiger partial charge in [-0.25, -0.2) is 9.97 Å². The van der Waals surface area contributed by atoms with Crippen molar-refractivity contribution in [3.63, 3.8) is 0 Å². The van der Waals surface area contributed by atoms with Gasteiger partial charge in [0.05, 0.1) is 5.39 Å². The van der Waals surface area contributed by atoms with Crippen molar-refractivity contribution in [2.24, 2.45) is 5.92 Å². The molecule has 1 aliphatic carbocycles. The van der Waals surface area contributed by atoms with Crippen molar-refractivity contribution in [3.05, 3.63) is 41.0 Å². The number of nitrogens with one attached hydrogen (secondary N) is 1. The molecule has 0 spiro atoms. The Morgan fingerprint density at radius 3 is 2.82 bits per heavy atom. The zero-order valence-electron chi connectivity index (χ0n) is 16.4. The van der Waals surface area contributed by atoms with Crippen LogP contribution in [0.25, 0.3) is 10.2 Å². The number of rotatable bonds is 5. The maximum Gasteiger partial charge on any atom is 0.262 e. The van der Waals surface area contributed by atoms with E-state index in [1.807, 2.05) is 43.3 Å². The summed E-state index contributed by atoms with van der Waals surface area (Å²) in [6.07, 6.45) is 4.78. The van der Waals surface area contributed by atoms with Gasteiger partial charge in [0, 0.05) is 30.3 Å². The first-order chi connectivity index (χ1) is 13.5. The van der Waals surface area contributed by atoms with E-state index in [4.69, 9.17) is 4.74 Å². The second-order valence-electron chi connectivity index (χ2n) is 7.49. The van der Waals surface area contributed by atoms with Crippen LogP contribution in [-0.2, 0) is 17.6 Å². The van der Waals surface area contributed by atoms with Gasteiger partial charge in [0.1, 0.15) is 11.2 Å².